The minimum absolute atomic E-state index is 0.0976. The van der Waals surface area contributed by atoms with Crippen molar-refractivity contribution in [2.24, 2.45) is 0 Å². The molecule has 0 saturated heterocycles. The lowest BCUT2D eigenvalue weighted by Gasteiger charge is -2.09. The van der Waals surface area contributed by atoms with Gasteiger partial charge in [0.2, 0.25) is 5.89 Å². The highest BCUT2D eigenvalue weighted by Gasteiger charge is 2.09. The molecule has 0 saturated carbocycles. The van der Waals surface area contributed by atoms with Gasteiger partial charge in [0, 0.05) is 22.5 Å². The predicted octanol–water partition coefficient (Wildman–Crippen LogP) is 4.87. The van der Waals surface area contributed by atoms with Gasteiger partial charge in [0.1, 0.15) is 5.75 Å². The summed E-state index contributed by atoms with van der Waals surface area (Å²) in [6, 6.07) is 16.1. The number of hydrogen-bond acceptors (Lipinski definition) is 5. The maximum atomic E-state index is 12.1. The van der Waals surface area contributed by atoms with E-state index in [1.165, 1.54) is 0 Å². The van der Waals surface area contributed by atoms with Crippen LogP contribution >= 0.6 is 11.6 Å². The van der Waals surface area contributed by atoms with Crippen molar-refractivity contribution >= 4 is 34.4 Å². The van der Waals surface area contributed by atoms with E-state index >= 15 is 0 Å². The van der Waals surface area contributed by atoms with E-state index in [4.69, 9.17) is 20.8 Å². The zero-order chi connectivity index (χ0) is 19.5. The highest BCUT2D eigenvalue weighted by atomic mass is 35.5. The van der Waals surface area contributed by atoms with Gasteiger partial charge in [0.25, 0.3) is 5.91 Å². The number of rotatable bonds is 5. The van der Waals surface area contributed by atoms with Crippen molar-refractivity contribution < 1.29 is 13.9 Å². The van der Waals surface area contributed by atoms with Gasteiger partial charge < -0.3 is 14.5 Å². The second kappa shape index (κ2) is 7.70. The maximum absolute atomic E-state index is 12.1. The molecule has 0 spiro atoms. The molecule has 0 radical (unpaired) electrons. The normalized spacial score (nSPS) is 10.8. The smallest absolute Gasteiger partial charge is 0.262 e. The third kappa shape index (κ3) is 3.97. The van der Waals surface area contributed by atoms with Gasteiger partial charge in [0.05, 0.1) is 0 Å². The number of pyridine rings is 1. The number of carbonyl (C=O) groups excluding carboxylic acids is 1. The summed E-state index contributed by atoms with van der Waals surface area (Å²) in [6.45, 7) is 1.78. The Balaban J connectivity index is 1.38. The number of carbonyl (C=O) groups is 1. The molecule has 1 amide bonds. The molecule has 2 aromatic heterocycles. The number of hydrogen-bond donors (Lipinski definition) is 1. The van der Waals surface area contributed by atoms with Crippen LogP contribution in [0.25, 0.3) is 22.7 Å². The van der Waals surface area contributed by atoms with E-state index in [-0.39, 0.29) is 12.5 Å². The first kappa shape index (κ1) is 18.0. The van der Waals surface area contributed by atoms with E-state index in [0.29, 0.717) is 33.6 Å². The summed E-state index contributed by atoms with van der Waals surface area (Å²) < 4.78 is 11.2. The molecule has 28 heavy (non-hydrogen) atoms. The van der Waals surface area contributed by atoms with E-state index in [9.17, 15) is 4.79 Å². The van der Waals surface area contributed by atoms with Crippen LogP contribution in [-0.4, -0.2) is 22.5 Å². The van der Waals surface area contributed by atoms with E-state index in [1.54, 1.807) is 42.6 Å². The number of fused-ring (bicyclic) bond motifs is 1. The summed E-state index contributed by atoms with van der Waals surface area (Å²) in [5, 5.41) is 3.45. The molecule has 0 aliphatic rings. The van der Waals surface area contributed by atoms with Crippen molar-refractivity contribution in [3.8, 4) is 17.2 Å². The lowest BCUT2D eigenvalue weighted by Crippen LogP contribution is -2.20. The first-order valence-corrected chi connectivity index (χ1v) is 8.97. The summed E-state index contributed by atoms with van der Waals surface area (Å²) in [4.78, 5) is 20.6. The third-order valence-electron chi connectivity index (χ3n) is 4.08. The Kier molecular flexibility index (Phi) is 4.95. The van der Waals surface area contributed by atoms with Crippen molar-refractivity contribution in [1.29, 1.82) is 0 Å². The van der Waals surface area contributed by atoms with Crippen LogP contribution in [0.4, 0.5) is 5.69 Å². The van der Waals surface area contributed by atoms with Crippen LogP contribution in [0, 0.1) is 6.92 Å². The molecule has 1 N–H and O–H groups in total. The standard InChI is InChI=1S/C21H16ClN3O3/c1-13-11-16(8-9-17(13)22)27-12-19(26)24-15-6-4-14(5-7-15)21-25-20-18(28-21)3-2-10-23-20/h2-11H,12H2,1H3,(H,24,26). The fourth-order valence-electron chi connectivity index (χ4n) is 2.64. The summed E-state index contributed by atoms with van der Waals surface area (Å²) >= 11 is 5.98. The molecule has 4 rings (SSSR count). The largest absolute Gasteiger partial charge is 0.484 e. The summed E-state index contributed by atoms with van der Waals surface area (Å²) in [5.41, 5.74) is 3.53. The van der Waals surface area contributed by atoms with Gasteiger partial charge in [-0.1, -0.05) is 11.6 Å². The number of ether oxygens (including phenoxy) is 1. The van der Waals surface area contributed by atoms with Crippen LogP contribution in [0.15, 0.2) is 65.2 Å². The molecule has 0 bridgehead atoms. The quantitative estimate of drug-likeness (QED) is 0.523. The molecule has 7 heteroatoms. The minimum Gasteiger partial charge on any atom is -0.484 e. The lowest BCUT2D eigenvalue weighted by atomic mass is 10.2. The zero-order valence-electron chi connectivity index (χ0n) is 15.0. The molecule has 0 unspecified atom stereocenters. The highest BCUT2D eigenvalue weighted by molar-refractivity contribution is 6.31. The second-order valence-electron chi connectivity index (χ2n) is 6.17. The van der Waals surface area contributed by atoms with Gasteiger partial charge in [-0.25, -0.2) is 4.98 Å². The number of oxazole rings is 1. The van der Waals surface area contributed by atoms with E-state index in [2.05, 4.69) is 15.3 Å². The van der Waals surface area contributed by atoms with Crippen molar-refractivity contribution in [2.45, 2.75) is 6.92 Å². The number of halogens is 1. The van der Waals surface area contributed by atoms with E-state index in [1.807, 2.05) is 25.1 Å². The lowest BCUT2D eigenvalue weighted by molar-refractivity contribution is -0.118. The first-order valence-electron chi connectivity index (χ1n) is 8.59. The Morgan fingerprint density at radius 1 is 1.18 bits per heavy atom. The van der Waals surface area contributed by atoms with Crippen molar-refractivity contribution in [3.05, 3.63) is 71.4 Å². The Morgan fingerprint density at radius 2 is 2.00 bits per heavy atom. The van der Waals surface area contributed by atoms with Gasteiger partial charge >= 0.3 is 0 Å². The van der Waals surface area contributed by atoms with Gasteiger partial charge in [0.15, 0.2) is 17.8 Å². The average Bonchev–Trinajstić information content (AvgIpc) is 3.14. The zero-order valence-corrected chi connectivity index (χ0v) is 15.7. The topological polar surface area (TPSA) is 77.2 Å². The maximum Gasteiger partial charge on any atom is 0.262 e. The molecule has 2 aromatic carbocycles. The Labute approximate surface area is 166 Å². The number of nitrogens with one attached hydrogen (secondary N) is 1. The molecular weight excluding hydrogens is 378 g/mol. The van der Waals surface area contributed by atoms with Crippen LogP contribution in [0.3, 0.4) is 0 Å². The molecule has 0 aliphatic heterocycles. The Bertz CT molecular complexity index is 1110. The van der Waals surface area contributed by atoms with Crippen LogP contribution in [0.2, 0.25) is 5.02 Å². The molecule has 140 valence electrons. The third-order valence-corrected chi connectivity index (χ3v) is 4.50. The molecule has 6 nitrogen and oxygen atoms in total. The number of nitrogens with zero attached hydrogens (tertiary/aromatic N) is 2. The summed E-state index contributed by atoms with van der Waals surface area (Å²) in [7, 11) is 0. The molecular formula is C21H16ClN3O3. The summed E-state index contributed by atoms with van der Waals surface area (Å²) in [5.74, 6) is 0.816. The van der Waals surface area contributed by atoms with Gasteiger partial charge in [-0.05, 0) is 67.1 Å². The Morgan fingerprint density at radius 3 is 2.75 bits per heavy atom. The van der Waals surface area contributed by atoms with Crippen molar-refractivity contribution in [2.75, 3.05) is 11.9 Å². The minimum atomic E-state index is -0.258. The van der Waals surface area contributed by atoms with Crippen LogP contribution in [0.5, 0.6) is 5.75 Å². The van der Waals surface area contributed by atoms with E-state index < -0.39 is 0 Å². The molecule has 0 aliphatic carbocycles. The van der Waals surface area contributed by atoms with Gasteiger partial charge in [-0.2, -0.15) is 4.98 Å². The monoisotopic (exact) mass is 393 g/mol. The number of amides is 1. The fraction of sp³-hybridized carbons (Fsp3) is 0.0952. The van der Waals surface area contributed by atoms with Crippen LogP contribution in [0.1, 0.15) is 5.56 Å². The molecule has 4 aromatic rings. The Hall–Kier alpha value is -3.38. The van der Waals surface area contributed by atoms with Crippen molar-refractivity contribution in [1.82, 2.24) is 9.97 Å². The molecule has 0 fully saturated rings. The predicted molar refractivity (Wildman–Crippen MR) is 108 cm³/mol. The van der Waals surface area contributed by atoms with Gasteiger partial charge in [-0.15, -0.1) is 0 Å². The second-order valence-corrected chi connectivity index (χ2v) is 6.58. The van der Waals surface area contributed by atoms with Crippen LogP contribution in [-0.2, 0) is 4.79 Å². The number of benzene rings is 2. The highest BCUT2D eigenvalue weighted by Crippen LogP contribution is 2.24. The summed E-state index contributed by atoms with van der Waals surface area (Å²) in [6.07, 6.45) is 1.67. The van der Waals surface area contributed by atoms with Gasteiger partial charge in [-0.3, -0.25) is 4.79 Å². The van der Waals surface area contributed by atoms with Crippen molar-refractivity contribution in [3.63, 3.8) is 0 Å². The molecule has 2 heterocycles. The number of aryl methyl sites for hydroxylation is 1. The number of anilines is 1. The number of aromatic nitrogens is 2. The fourth-order valence-corrected chi connectivity index (χ4v) is 2.76. The SMILES string of the molecule is Cc1cc(OCC(=O)Nc2ccc(-c3nc4ncccc4o3)cc2)ccc1Cl. The first-order chi connectivity index (χ1) is 13.6. The van der Waals surface area contributed by atoms with Crippen LogP contribution < -0.4 is 10.1 Å². The average molecular weight is 394 g/mol. The molecule has 0 atom stereocenters. The van der Waals surface area contributed by atoms with E-state index in [0.717, 1.165) is 11.1 Å².